The van der Waals surface area contributed by atoms with E-state index in [4.69, 9.17) is 5.84 Å². The predicted molar refractivity (Wildman–Crippen MR) is 74.6 cm³/mol. The molecule has 98 valence electrons. The van der Waals surface area contributed by atoms with E-state index in [0.29, 0.717) is 16.6 Å². The Bertz CT molecular complexity index is 452. The number of anilines is 1. The fourth-order valence-electron chi connectivity index (χ4n) is 2.05. The second-order valence-electron chi connectivity index (χ2n) is 4.46. The predicted octanol–water partition coefficient (Wildman–Crippen LogP) is 1.25. The molecule has 1 aliphatic rings. The lowest BCUT2D eigenvalue weighted by Crippen LogP contribution is -2.41. The van der Waals surface area contributed by atoms with Crippen LogP contribution in [0.4, 0.5) is 5.82 Å². The van der Waals surface area contributed by atoms with Gasteiger partial charge in [-0.2, -0.15) is 11.8 Å². The van der Waals surface area contributed by atoms with Crippen molar-refractivity contribution in [2.24, 2.45) is 5.84 Å². The van der Waals surface area contributed by atoms with Crippen LogP contribution < -0.4 is 11.3 Å². The summed E-state index contributed by atoms with van der Waals surface area (Å²) in [5.74, 6) is 6.93. The van der Waals surface area contributed by atoms with Gasteiger partial charge in [0.25, 0.3) is 5.91 Å². The third kappa shape index (κ3) is 2.94. The van der Waals surface area contributed by atoms with Gasteiger partial charge < -0.3 is 10.3 Å². The summed E-state index contributed by atoms with van der Waals surface area (Å²) in [6.45, 7) is 5.61. The number of hydrazine groups is 1. The van der Waals surface area contributed by atoms with E-state index < -0.39 is 0 Å². The number of carbonyl (C=O) groups excluding carboxylic acids is 1. The topological polar surface area (TPSA) is 71.2 Å². The van der Waals surface area contributed by atoms with Crippen LogP contribution in [0.15, 0.2) is 12.1 Å². The van der Waals surface area contributed by atoms with Gasteiger partial charge in [0.2, 0.25) is 0 Å². The Kier molecular flexibility index (Phi) is 4.08. The van der Waals surface area contributed by atoms with Crippen LogP contribution in [0, 0.1) is 6.92 Å². The lowest BCUT2D eigenvalue weighted by Gasteiger charge is -2.30. The molecule has 2 heterocycles. The van der Waals surface area contributed by atoms with E-state index in [-0.39, 0.29) is 5.91 Å². The smallest absolute Gasteiger partial charge is 0.254 e. The number of rotatable bonds is 2. The molecule has 0 aromatic carbocycles. The fraction of sp³-hybridized carbons (Fsp3) is 0.500. The molecule has 3 N–H and O–H groups in total. The minimum Gasteiger partial charge on any atom is -0.337 e. The third-order valence-electron chi connectivity index (χ3n) is 2.88. The molecule has 1 atom stereocenters. The molecule has 2 rings (SSSR count). The Hall–Kier alpha value is -1.27. The Morgan fingerprint density at radius 3 is 3.06 bits per heavy atom. The zero-order chi connectivity index (χ0) is 13.1. The molecule has 18 heavy (non-hydrogen) atoms. The number of amides is 1. The second-order valence-corrected chi connectivity index (χ2v) is 6.01. The van der Waals surface area contributed by atoms with Crippen molar-refractivity contribution in [1.82, 2.24) is 9.88 Å². The summed E-state index contributed by atoms with van der Waals surface area (Å²) >= 11 is 1.91. The van der Waals surface area contributed by atoms with Crippen LogP contribution in [0.3, 0.4) is 0 Å². The maximum Gasteiger partial charge on any atom is 0.254 e. The average Bonchev–Trinajstić information content (AvgIpc) is 2.37. The van der Waals surface area contributed by atoms with E-state index in [2.05, 4.69) is 17.3 Å². The number of nitrogens with two attached hydrogens (primary N) is 1. The summed E-state index contributed by atoms with van der Waals surface area (Å²) in [7, 11) is 0. The van der Waals surface area contributed by atoms with Crippen molar-refractivity contribution in [3.63, 3.8) is 0 Å². The second kappa shape index (κ2) is 5.58. The molecule has 0 radical (unpaired) electrons. The summed E-state index contributed by atoms with van der Waals surface area (Å²) in [5.41, 5.74) is 3.92. The van der Waals surface area contributed by atoms with E-state index in [9.17, 15) is 4.79 Å². The number of hydrogen-bond acceptors (Lipinski definition) is 5. The van der Waals surface area contributed by atoms with Gasteiger partial charge in [-0.1, -0.05) is 6.92 Å². The van der Waals surface area contributed by atoms with Crippen molar-refractivity contribution in [2.45, 2.75) is 19.1 Å². The number of nitrogens with one attached hydrogen (secondary N) is 1. The molecule has 6 heteroatoms. The summed E-state index contributed by atoms with van der Waals surface area (Å²) in [6, 6.07) is 3.50. The van der Waals surface area contributed by atoms with Gasteiger partial charge in [0, 0.05) is 35.3 Å². The number of hydrogen-bond donors (Lipinski definition) is 2. The largest absolute Gasteiger partial charge is 0.337 e. The highest BCUT2D eigenvalue weighted by molar-refractivity contribution is 7.99. The maximum absolute atomic E-state index is 12.4. The van der Waals surface area contributed by atoms with E-state index in [0.717, 1.165) is 24.5 Å². The van der Waals surface area contributed by atoms with Gasteiger partial charge in [-0.25, -0.2) is 10.8 Å². The van der Waals surface area contributed by atoms with Crippen molar-refractivity contribution < 1.29 is 4.79 Å². The number of thioether (sulfide) groups is 1. The molecule has 0 saturated carbocycles. The van der Waals surface area contributed by atoms with Gasteiger partial charge in [0.1, 0.15) is 5.82 Å². The number of aromatic nitrogens is 1. The van der Waals surface area contributed by atoms with Gasteiger partial charge in [0.15, 0.2) is 0 Å². The number of nitrogen functional groups attached to an aromatic ring is 1. The highest BCUT2D eigenvalue weighted by atomic mass is 32.2. The molecule has 1 fully saturated rings. The van der Waals surface area contributed by atoms with Gasteiger partial charge in [-0.05, 0) is 19.1 Å². The maximum atomic E-state index is 12.4. The highest BCUT2D eigenvalue weighted by Crippen LogP contribution is 2.20. The first-order valence-electron chi connectivity index (χ1n) is 5.96. The third-order valence-corrected chi connectivity index (χ3v) is 4.01. The van der Waals surface area contributed by atoms with E-state index in [1.54, 1.807) is 12.1 Å². The Balaban J connectivity index is 2.19. The van der Waals surface area contributed by atoms with E-state index in [1.807, 2.05) is 23.6 Å². The molecule has 0 spiro atoms. The monoisotopic (exact) mass is 266 g/mol. The molecule has 1 aromatic rings. The number of pyridine rings is 1. The number of nitrogens with zero attached hydrogens (tertiary/aromatic N) is 2. The van der Waals surface area contributed by atoms with Crippen molar-refractivity contribution in [2.75, 3.05) is 24.3 Å². The molecule has 1 aromatic heterocycles. The first kappa shape index (κ1) is 13.2. The van der Waals surface area contributed by atoms with Crippen LogP contribution in [0.1, 0.15) is 23.0 Å². The molecule has 1 aliphatic heterocycles. The summed E-state index contributed by atoms with van der Waals surface area (Å²) < 4.78 is 0. The van der Waals surface area contributed by atoms with Gasteiger partial charge in [-0.3, -0.25) is 4.79 Å². The van der Waals surface area contributed by atoms with Crippen LogP contribution in [0.25, 0.3) is 0 Å². The van der Waals surface area contributed by atoms with E-state index in [1.165, 1.54) is 0 Å². The van der Waals surface area contributed by atoms with Crippen LogP contribution in [-0.2, 0) is 0 Å². The Labute approximate surface area is 111 Å². The van der Waals surface area contributed by atoms with Crippen LogP contribution in [-0.4, -0.2) is 39.9 Å². The zero-order valence-corrected chi connectivity index (χ0v) is 11.5. The van der Waals surface area contributed by atoms with Crippen molar-refractivity contribution in [1.29, 1.82) is 0 Å². The van der Waals surface area contributed by atoms with Crippen molar-refractivity contribution in [3.8, 4) is 0 Å². The average molecular weight is 266 g/mol. The molecule has 1 unspecified atom stereocenters. The van der Waals surface area contributed by atoms with Crippen LogP contribution in [0.2, 0.25) is 0 Å². The van der Waals surface area contributed by atoms with Gasteiger partial charge >= 0.3 is 0 Å². The first-order valence-corrected chi connectivity index (χ1v) is 7.01. The van der Waals surface area contributed by atoms with Crippen molar-refractivity contribution in [3.05, 3.63) is 23.4 Å². The standard InChI is InChI=1S/C12H18N4OS/c1-8-5-10(6-11(14-8)15-13)12(17)16-3-4-18-9(2)7-16/h5-6,9H,3-4,7,13H2,1-2H3,(H,14,15). The minimum absolute atomic E-state index is 0.0594. The molecule has 0 aliphatic carbocycles. The fourth-order valence-corrected chi connectivity index (χ4v) is 3.06. The number of aryl methyl sites for hydroxylation is 1. The summed E-state index contributed by atoms with van der Waals surface area (Å²) in [5, 5.41) is 0.498. The summed E-state index contributed by atoms with van der Waals surface area (Å²) in [6.07, 6.45) is 0. The zero-order valence-electron chi connectivity index (χ0n) is 10.6. The van der Waals surface area contributed by atoms with Crippen LogP contribution in [0.5, 0.6) is 0 Å². The molecule has 5 nitrogen and oxygen atoms in total. The molecular formula is C12H18N4OS. The SMILES string of the molecule is Cc1cc(C(=O)N2CCSC(C)C2)cc(NN)n1. The normalized spacial score (nSPS) is 19.7. The molecule has 1 saturated heterocycles. The minimum atomic E-state index is 0.0594. The molecule has 0 bridgehead atoms. The number of carbonyl (C=O) groups is 1. The van der Waals surface area contributed by atoms with Crippen LogP contribution >= 0.6 is 11.8 Å². The first-order chi connectivity index (χ1) is 8.60. The Morgan fingerprint density at radius 1 is 1.61 bits per heavy atom. The lowest BCUT2D eigenvalue weighted by molar-refractivity contribution is 0.0763. The lowest BCUT2D eigenvalue weighted by atomic mass is 10.2. The Morgan fingerprint density at radius 2 is 2.39 bits per heavy atom. The molecular weight excluding hydrogens is 248 g/mol. The quantitative estimate of drug-likeness (QED) is 0.623. The molecule has 1 amide bonds. The highest BCUT2D eigenvalue weighted by Gasteiger charge is 2.22. The van der Waals surface area contributed by atoms with Gasteiger partial charge in [-0.15, -0.1) is 0 Å². The summed E-state index contributed by atoms with van der Waals surface area (Å²) in [4.78, 5) is 18.5. The van der Waals surface area contributed by atoms with E-state index >= 15 is 0 Å². The van der Waals surface area contributed by atoms with Crippen molar-refractivity contribution >= 4 is 23.5 Å². The van der Waals surface area contributed by atoms with Gasteiger partial charge in [0.05, 0.1) is 0 Å².